The predicted octanol–water partition coefficient (Wildman–Crippen LogP) is 3.84. The minimum atomic E-state index is -0.445. The third-order valence-corrected chi connectivity index (χ3v) is 4.62. The van der Waals surface area contributed by atoms with Crippen molar-refractivity contribution >= 4 is 23.1 Å². The molecule has 3 rings (SSSR count). The summed E-state index contributed by atoms with van der Waals surface area (Å²) in [5.41, 5.74) is 1.34. The number of nitrogens with one attached hydrogen (secondary N) is 1. The first kappa shape index (κ1) is 21.5. The average Bonchev–Trinajstić information content (AvgIpc) is 2.95. The Bertz CT molecular complexity index is 954. The molecule has 158 valence electrons. The Morgan fingerprint density at radius 2 is 1.80 bits per heavy atom. The van der Waals surface area contributed by atoms with Crippen molar-refractivity contribution in [3.63, 3.8) is 0 Å². The number of hydrogen-bond donors (Lipinski definition) is 1. The lowest BCUT2D eigenvalue weighted by atomic mass is 10.0. The van der Waals surface area contributed by atoms with Crippen LogP contribution in [0.15, 0.2) is 54.2 Å². The maximum atomic E-state index is 13.6. The van der Waals surface area contributed by atoms with Gasteiger partial charge in [0.2, 0.25) is 0 Å². The number of ether oxygens (including phenoxy) is 2. The van der Waals surface area contributed by atoms with Gasteiger partial charge in [-0.2, -0.15) is 0 Å². The summed E-state index contributed by atoms with van der Waals surface area (Å²) in [5.74, 6) is -0.641. The lowest BCUT2D eigenvalue weighted by Crippen LogP contribution is -2.34. The maximum absolute atomic E-state index is 13.6. The summed E-state index contributed by atoms with van der Waals surface area (Å²) >= 11 is 0. The zero-order valence-corrected chi connectivity index (χ0v) is 17.3. The molecule has 1 aliphatic heterocycles. The van der Waals surface area contributed by atoms with E-state index in [-0.39, 0.29) is 23.9 Å². The molecule has 7 heteroatoms. The minimum Gasteiger partial charge on any atom is -0.497 e. The number of methoxy groups -OCH3 is 1. The predicted molar refractivity (Wildman–Crippen MR) is 112 cm³/mol. The van der Waals surface area contributed by atoms with Gasteiger partial charge in [0.25, 0.3) is 11.8 Å². The average molecular weight is 412 g/mol. The second kappa shape index (κ2) is 9.54. The summed E-state index contributed by atoms with van der Waals surface area (Å²) in [6.45, 7) is 4.53. The van der Waals surface area contributed by atoms with Crippen LogP contribution in [-0.4, -0.2) is 43.1 Å². The van der Waals surface area contributed by atoms with Crippen molar-refractivity contribution in [2.24, 2.45) is 0 Å². The Morgan fingerprint density at radius 3 is 2.43 bits per heavy atom. The lowest BCUT2D eigenvalue weighted by molar-refractivity contribution is -0.137. The van der Waals surface area contributed by atoms with Gasteiger partial charge in [0.05, 0.1) is 18.8 Å². The van der Waals surface area contributed by atoms with E-state index < -0.39 is 17.6 Å². The molecule has 0 saturated heterocycles. The fourth-order valence-electron chi connectivity index (χ4n) is 3.17. The molecule has 6 nitrogen and oxygen atoms in total. The Balaban J connectivity index is 1.90. The van der Waals surface area contributed by atoms with Crippen LogP contribution in [0.2, 0.25) is 0 Å². The van der Waals surface area contributed by atoms with Crippen LogP contribution in [0.25, 0.3) is 5.57 Å². The second-order valence-electron chi connectivity index (χ2n) is 7.15. The number of nitrogens with zero attached hydrogens (tertiary/aromatic N) is 1. The van der Waals surface area contributed by atoms with E-state index in [4.69, 9.17) is 9.47 Å². The molecule has 30 heavy (non-hydrogen) atoms. The quantitative estimate of drug-likeness (QED) is 0.501. The van der Waals surface area contributed by atoms with Gasteiger partial charge in [0, 0.05) is 18.8 Å². The van der Waals surface area contributed by atoms with E-state index in [1.807, 2.05) is 13.8 Å². The third-order valence-electron chi connectivity index (χ3n) is 4.62. The third kappa shape index (κ3) is 4.86. The molecule has 0 aliphatic carbocycles. The van der Waals surface area contributed by atoms with Crippen molar-refractivity contribution in [2.45, 2.75) is 26.4 Å². The van der Waals surface area contributed by atoms with Crippen molar-refractivity contribution in [3.05, 3.63) is 65.6 Å². The van der Waals surface area contributed by atoms with Crippen LogP contribution in [0.3, 0.4) is 0 Å². The van der Waals surface area contributed by atoms with Gasteiger partial charge < -0.3 is 14.8 Å². The summed E-state index contributed by atoms with van der Waals surface area (Å²) in [5, 5.41) is 2.94. The van der Waals surface area contributed by atoms with E-state index in [0.717, 1.165) is 0 Å². The topological polar surface area (TPSA) is 67.9 Å². The molecular formula is C23H25FN2O4. The minimum absolute atomic E-state index is 0.0770. The Hall–Kier alpha value is -3.19. The summed E-state index contributed by atoms with van der Waals surface area (Å²) < 4.78 is 24.3. The number of carbonyl (C=O) groups is 2. The molecule has 1 N–H and O–H groups in total. The van der Waals surface area contributed by atoms with Crippen molar-refractivity contribution in [3.8, 4) is 5.75 Å². The molecule has 2 aromatic carbocycles. The number of hydrogen-bond acceptors (Lipinski definition) is 5. The monoisotopic (exact) mass is 412 g/mol. The van der Waals surface area contributed by atoms with Crippen LogP contribution in [0.5, 0.6) is 5.75 Å². The van der Waals surface area contributed by atoms with Gasteiger partial charge in [-0.05, 0) is 56.2 Å². The van der Waals surface area contributed by atoms with Crippen LogP contribution in [0.1, 0.15) is 25.8 Å². The van der Waals surface area contributed by atoms with E-state index in [1.165, 1.54) is 23.1 Å². The number of carbonyl (C=O) groups excluding carboxylic acids is 2. The lowest BCUT2D eigenvalue weighted by Gasteiger charge is -2.16. The molecule has 1 heterocycles. The number of halogens is 1. The number of amides is 2. The largest absolute Gasteiger partial charge is 0.497 e. The highest BCUT2D eigenvalue weighted by molar-refractivity contribution is 6.36. The van der Waals surface area contributed by atoms with Gasteiger partial charge in [-0.15, -0.1) is 0 Å². The molecule has 0 radical (unpaired) electrons. The SMILES string of the molecule is COc1ccc(C2=C(Nc3cccc(F)c3)C(=O)N(CCCOC(C)C)C2=O)cc1. The molecule has 2 amide bonds. The first-order chi connectivity index (χ1) is 14.4. The molecule has 0 fully saturated rings. The summed E-state index contributed by atoms with van der Waals surface area (Å²) in [6.07, 6.45) is 0.604. The molecular weight excluding hydrogens is 387 g/mol. The summed E-state index contributed by atoms with van der Waals surface area (Å²) in [7, 11) is 1.55. The number of anilines is 1. The van der Waals surface area contributed by atoms with Crippen LogP contribution in [0.4, 0.5) is 10.1 Å². The highest BCUT2D eigenvalue weighted by Crippen LogP contribution is 2.31. The summed E-state index contributed by atoms with van der Waals surface area (Å²) in [4.78, 5) is 27.4. The summed E-state index contributed by atoms with van der Waals surface area (Å²) in [6, 6.07) is 12.6. The van der Waals surface area contributed by atoms with Crippen molar-refractivity contribution in [1.29, 1.82) is 0 Å². The maximum Gasteiger partial charge on any atom is 0.278 e. The number of rotatable bonds is 9. The Labute approximate surface area is 175 Å². The van der Waals surface area contributed by atoms with Gasteiger partial charge in [0.1, 0.15) is 17.3 Å². The van der Waals surface area contributed by atoms with Gasteiger partial charge >= 0.3 is 0 Å². The molecule has 0 spiro atoms. The highest BCUT2D eigenvalue weighted by Gasteiger charge is 2.38. The zero-order chi connectivity index (χ0) is 21.7. The molecule has 0 bridgehead atoms. The first-order valence-corrected chi connectivity index (χ1v) is 9.79. The molecule has 0 saturated carbocycles. The van der Waals surface area contributed by atoms with E-state index in [0.29, 0.717) is 30.0 Å². The van der Waals surface area contributed by atoms with Gasteiger partial charge in [-0.25, -0.2) is 4.39 Å². The zero-order valence-electron chi connectivity index (χ0n) is 17.3. The smallest absolute Gasteiger partial charge is 0.278 e. The fraction of sp³-hybridized carbons (Fsp3) is 0.304. The van der Waals surface area contributed by atoms with Crippen LogP contribution in [-0.2, 0) is 14.3 Å². The normalized spacial score (nSPS) is 14.1. The van der Waals surface area contributed by atoms with Gasteiger partial charge in [-0.3, -0.25) is 14.5 Å². The Kier molecular flexibility index (Phi) is 6.84. The van der Waals surface area contributed by atoms with E-state index >= 15 is 0 Å². The molecule has 1 aliphatic rings. The fourth-order valence-corrected chi connectivity index (χ4v) is 3.17. The van der Waals surface area contributed by atoms with Crippen LogP contribution >= 0.6 is 0 Å². The van der Waals surface area contributed by atoms with E-state index in [1.54, 1.807) is 37.4 Å². The van der Waals surface area contributed by atoms with Crippen molar-refractivity contribution in [2.75, 3.05) is 25.6 Å². The van der Waals surface area contributed by atoms with Crippen molar-refractivity contribution < 1.29 is 23.5 Å². The van der Waals surface area contributed by atoms with Crippen LogP contribution in [0, 0.1) is 5.82 Å². The number of benzene rings is 2. The van der Waals surface area contributed by atoms with Gasteiger partial charge in [0.15, 0.2) is 0 Å². The second-order valence-corrected chi connectivity index (χ2v) is 7.15. The van der Waals surface area contributed by atoms with Crippen LogP contribution < -0.4 is 10.1 Å². The highest BCUT2D eigenvalue weighted by atomic mass is 19.1. The van der Waals surface area contributed by atoms with Gasteiger partial charge in [-0.1, -0.05) is 18.2 Å². The van der Waals surface area contributed by atoms with Crippen molar-refractivity contribution in [1.82, 2.24) is 4.90 Å². The standard InChI is InChI=1S/C23H25FN2O4/c1-15(2)30-13-5-12-26-22(27)20(16-8-10-19(29-3)11-9-16)21(23(26)28)25-18-7-4-6-17(24)14-18/h4,6-11,14-15,25H,5,12-13H2,1-3H3. The number of imide groups is 1. The van der Waals surface area contributed by atoms with E-state index in [9.17, 15) is 14.0 Å². The molecule has 0 atom stereocenters. The first-order valence-electron chi connectivity index (χ1n) is 9.79. The molecule has 0 unspecified atom stereocenters. The Morgan fingerprint density at radius 1 is 1.07 bits per heavy atom. The molecule has 0 aromatic heterocycles. The van der Waals surface area contributed by atoms with E-state index in [2.05, 4.69) is 5.32 Å². The molecule has 2 aromatic rings.